The summed E-state index contributed by atoms with van der Waals surface area (Å²) in [5.74, 6) is 0.314. The number of anilines is 1. The highest BCUT2D eigenvalue weighted by Crippen LogP contribution is 2.29. The number of amides is 1. The van der Waals surface area contributed by atoms with E-state index in [4.69, 9.17) is 14.5 Å². The van der Waals surface area contributed by atoms with Gasteiger partial charge >= 0.3 is 12.1 Å². The number of hydrogen-bond acceptors (Lipinski definition) is 6. The summed E-state index contributed by atoms with van der Waals surface area (Å²) in [6.07, 6.45) is 1.31. The van der Waals surface area contributed by atoms with Crippen LogP contribution < -0.4 is 15.2 Å². The predicted octanol–water partition coefficient (Wildman–Crippen LogP) is 6.78. The second kappa shape index (κ2) is 14.7. The number of aliphatic carboxylic acids is 1. The molecular weight excluding hydrogens is 558 g/mol. The first-order chi connectivity index (χ1) is 21.1. The molecule has 1 atom stereocenters. The Morgan fingerprint density at radius 2 is 1.70 bits per heavy atom. The van der Waals surface area contributed by atoms with Gasteiger partial charge in [-0.25, -0.2) is 14.6 Å². The highest BCUT2D eigenvalue weighted by molar-refractivity contribution is 5.91. The minimum atomic E-state index is -1.14. The number of fused-ring (bicyclic) bond motifs is 1. The topological polar surface area (TPSA) is 111 Å². The molecule has 44 heavy (non-hydrogen) atoms. The van der Waals surface area contributed by atoms with Crippen molar-refractivity contribution in [3.63, 3.8) is 0 Å². The average Bonchev–Trinajstić information content (AvgIpc) is 3.01. The van der Waals surface area contributed by atoms with E-state index in [0.29, 0.717) is 53.2 Å². The Kier molecular flexibility index (Phi) is 10.8. The fourth-order valence-corrected chi connectivity index (χ4v) is 4.99. The lowest BCUT2D eigenvalue weighted by Gasteiger charge is -2.20. The Hall–Kier alpha value is -4.66. The van der Waals surface area contributed by atoms with Gasteiger partial charge in [-0.05, 0) is 54.2 Å². The number of carbonyl (C=O) groups is 2. The van der Waals surface area contributed by atoms with Gasteiger partial charge in [-0.1, -0.05) is 76.6 Å². The normalized spacial score (nSPS) is 11.9. The molecule has 0 bridgehead atoms. The molecule has 0 aliphatic carbocycles. The maximum atomic E-state index is 13.9. The fourth-order valence-electron chi connectivity index (χ4n) is 4.99. The van der Waals surface area contributed by atoms with Crippen LogP contribution in [-0.4, -0.2) is 40.4 Å². The number of nitrogens with zero attached hydrogens (tertiary/aromatic N) is 3. The molecule has 1 aromatic heterocycles. The van der Waals surface area contributed by atoms with Crippen molar-refractivity contribution in [3.05, 3.63) is 99.6 Å². The molecule has 0 saturated carbocycles. The van der Waals surface area contributed by atoms with Crippen LogP contribution in [0.3, 0.4) is 0 Å². The quantitative estimate of drug-likeness (QED) is 0.180. The van der Waals surface area contributed by atoms with Crippen molar-refractivity contribution in [1.29, 1.82) is 0 Å². The molecule has 9 nitrogen and oxygen atoms in total. The number of aryl methyl sites for hydroxylation is 2. The van der Waals surface area contributed by atoms with Crippen LogP contribution in [0.25, 0.3) is 10.9 Å². The molecule has 0 aliphatic heterocycles. The lowest BCUT2D eigenvalue weighted by molar-refractivity contribution is -0.145. The SMILES string of the molecule is CCCc1cc(Cn2c(CCC)nc3ccc(N(C)C(=O)OCC(C)C)cc3c2=O)ccc1OC(C(=O)O)c1ccccc1. The largest absolute Gasteiger partial charge is 0.478 e. The number of rotatable bonds is 13. The minimum Gasteiger partial charge on any atom is -0.478 e. The van der Waals surface area contributed by atoms with Crippen molar-refractivity contribution in [2.75, 3.05) is 18.6 Å². The van der Waals surface area contributed by atoms with Gasteiger partial charge in [0.25, 0.3) is 5.56 Å². The van der Waals surface area contributed by atoms with Gasteiger partial charge in [-0.2, -0.15) is 0 Å². The van der Waals surface area contributed by atoms with Gasteiger partial charge in [-0.15, -0.1) is 0 Å². The highest BCUT2D eigenvalue weighted by atomic mass is 16.6. The van der Waals surface area contributed by atoms with E-state index < -0.39 is 18.2 Å². The number of carboxylic acids is 1. The number of benzene rings is 3. The van der Waals surface area contributed by atoms with E-state index in [1.54, 1.807) is 60.1 Å². The molecule has 0 spiro atoms. The monoisotopic (exact) mass is 599 g/mol. The number of ether oxygens (including phenoxy) is 2. The summed E-state index contributed by atoms with van der Waals surface area (Å²) >= 11 is 0. The maximum absolute atomic E-state index is 13.9. The molecular formula is C35H41N3O6. The van der Waals surface area contributed by atoms with Gasteiger partial charge in [0.1, 0.15) is 11.6 Å². The Labute approximate surface area is 258 Å². The third-order valence-electron chi connectivity index (χ3n) is 7.25. The van der Waals surface area contributed by atoms with Crippen LogP contribution >= 0.6 is 0 Å². The smallest absolute Gasteiger partial charge is 0.414 e. The van der Waals surface area contributed by atoms with E-state index in [0.717, 1.165) is 24.0 Å². The van der Waals surface area contributed by atoms with E-state index >= 15 is 0 Å². The van der Waals surface area contributed by atoms with Gasteiger partial charge in [0.2, 0.25) is 6.10 Å². The summed E-state index contributed by atoms with van der Waals surface area (Å²) < 4.78 is 13.1. The lowest BCUT2D eigenvalue weighted by atomic mass is 10.0. The Bertz CT molecular complexity index is 1660. The second-order valence-electron chi connectivity index (χ2n) is 11.3. The molecule has 1 N–H and O–H groups in total. The van der Waals surface area contributed by atoms with Gasteiger partial charge in [-0.3, -0.25) is 14.3 Å². The van der Waals surface area contributed by atoms with Crippen LogP contribution in [0.4, 0.5) is 10.5 Å². The van der Waals surface area contributed by atoms with Gasteiger partial charge < -0.3 is 14.6 Å². The van der Waals surface area contributed by atoms with E-state index in [-0.39, 0.29) is 18.0 Å². The summed E-state index contributed by atoms with van der Waals surface area (Å²) in [6, 6.07) is 19.7. The molecule has 4 rings (SSSR count). The zero-order valence-electron chi connectivity index (χ0n) is 26.1. The second-order valence-corrected chi connectivity index (χ2v) is 11.3. The number of carbonyl (C=O) groups excluding carboxylic acids is 1. The van der Waals surface area contributed by atoms with Crippen LogP contribution in [0.2, 0.25) is 0 Å². The average molecular weight is 600 g/mol. The Balaban J connectivity index is 1.69. The molecule has 9 heteroatoms. The van der Waals surface area contributed by atoms with Gasteiger partial charge in [0, 0.05) is 24.7 Å². The number of hydrogen-bond donors (Lipinski definition) is 1. The van der Waals surface area contributed by atoms with Crippen LogP contribution in [0.15, 0.2) is 71.5 Å². The molecule has 1 amide bonds. The van der Waals surface area contributed by atoms with E-state index in [1.807, 2.05) is 45.9 Å². The Morgan fingerprint density at radius 1 is 0.977 bits per heavy atom. The van der Waals surface area contributed by atoms with Crippen molar-refractivity contribution in [1.82, 2.24) is 9.55 Å². The van der Waals surface area contributed by atoms with Crippen LogP contribution in [0, 0.1) is 5.92 Å². The molecule has 3 aromatic carbocycles. The third kappa shape index (κ3) is 7.64. The third-order valence-corrected chi connectivity index (χ3v) is 7.25. The molecule has 0 fully saturated rings. The van der Waals surface area contributed by atoms with Crippen molar-refractivity contribution >= 4 is 28.7 Å². The van der Waals surface area contributed by atoms with Gasteiger partial charge in [0.15, 0.2) is 0 Å². The van der Waals surface area contributed by atoms with Crippen molar-refractivity contribution < 1.29 is 24.2 Å². The summed E-state index contributed by atoms with van der Waals surface area (Å²) in [7, 11) is 1.62. The Morgan fingerprint density at radius 3 is 2.36 bits per heavy atom. The van der Waals surface area contributed by atoms with E-state index in [9.17, 15) is 19.5 Å². The van der Waals surface area contributed by atoms with Crippen molar-refractivity contribution in [2.24, 2.45) is 5.92 Å². The molecule has 1 unspecified atom stereocenters. The molecule has 0 saturated heterocycles. The molecule has 1 heterocycles. The highest BCUT2D eigenvalue weighted by Gasteiger charge is 2.23. The van der Waals surface area contributed by atoms with Gasteiger partial charge in [0.05, 0.1) is 24.1 Å². The lowest BCUT2D eigenvalue weighted by Crippen LogP contribution is -2.29. The van der Waals surface area contributed by atoms with Crippen LogP contribution in [0.1, 0.15) is 69.2 Å². The van der Waals surface area contributed by atoms with Crippen LogP contribution in [-0.2, 0) is 28.9 Å². The predicted molar refractivity (Wildman–Crippen MR) is 172 cm³/mol. The molecule has 232 valence electrons. The summed E-state index contributed by atoms with van der Waals surface area (Å²) in [5.41, 5.74) is 3.21. The number of carboxylic acid groups (broad SMARTS) is 1. The first-order valence-electron chi connectivity index (χ1n) is 15.1. The minimum absolute atomic E-state index is 0.198. The first kappa shape index (κ1) is 32.3. The standard InChI is InChI=1S/C35H41N3O6/c1-6-11-26-19-24(15-18-30(26)44-32(34(40)41)25-13-9-8-10-14-25)21-38-31(12-7-2)36-29-17-16-27(20-28(29)33(38)39)37(5)35(42)43-22-23(3)4/h8-10,13-20,23,32H,6-7,11-12,21-22H2,1-5H3,(H,40,41). The molecule has 4 aromatic rings. The zero-order chi connectivity index (χ0) is 31.8. The summed E-state index contributed by atoms with van der Waals surface area (Å²) in [4.78, 5) is 44.8. The van der Waals surface area contributed by atoms with E-state index in [1.165, 1.54) is 4.90 Å². The molecule has 0 aliphatic rings. The van der Waals surface area contributed by atoms with Crippen molar-refractivity contribution in [2.45, 2.75) is 66.0 Å². The zero-order valence-corrected chi connectivity index (χ0v) is 26.1. The molecule has 0 radical (unpaired) electrons. The fraction of sp³-hybridized carbons (Fsp3) is 0.371. The summed E-state index contributed by atoms with van der Waals surface area (Å²) in [5, 5.41) is 10.3. The number of aromatic nitrogens is 2. The van der Waals surface area contributed by atoms with Crippen LogP contribution in [0.5, 0.6) is 5.75 Å². The summed E-state index contributed by atoms with van der Waals surface area (Å²) in [6.45, 7) is 8.61. The van der Waals surface area contributed by atoms with Crippen molar-refractivity contribution in [3.8, 4) is 5.75 Å². The maximum Gasteiger partial charge on any atom is 0.414 e. The van der Waals surface area contributed by atoms with E-state index in [2.05, 4.69) is 0 Å². The first-order valence-corrected chi connectivity index (χ1v) is 15.1.